The van der Waals surface area contributed by atoms with Crippen LogP contribution in [0.2, 0.25) is 5.02 Å². The molecule has 3 amide bonds. The van der Waals surface area contributed by atoms with Gasteiger partial charge >= 0.3 is 0 Å². The molecule has 8 nitrogen and oxygen atoms in total. The first kappa shape index (κ1) is 22.9. The van der Waals surface area contributed by atoms with E-state index < -0.39 is 53.1 Å². The lowest BCUT2D eigenvalue weighted by atomic mass is 9.76. The number of benzene rings is 2. The molecular weight excluding hydrogens is 465 g/mol. The average molecular weight is 488 g/mol. The number of amides is 3. The van der Waals surface area contributed by atoms with Crippen LogP contribution >= 0.6 is 11.6 Å². The van der Waals surface area contributed by atoms with Gasteiger partial charge in [-0.05, 0) is 42.3 Å². The van der Waals surface area contributed by atoms with E-state index in [0.29, 0.717) is 29.3 Å². The second-order valence-corrected chi connectivity index (χ2v) is 9.23. The Bertz CT molecular complexity index is 1180. The number of nitrogens with zero attached hydrogens (tertiary/aromatic N) is 1. The summed E-state index contributed by atoms with van der Waals surface area (Å²) in [5.74, 6) is -4.32. The quantitative estimate of drug-likeness (QED) is 0.425. The molecule has 2 aromatic carbocycles. The van der Waals surface area contributed by atoms with E-state index in [4.69, 9.17) is 16.3 Å². The molecule has 3 heterocycles. The van der Waals surface area contributed by atoms with Gasteiger partial charge in [-0.1, -0.05) is 23.7 Å². The molecule has 10 heteroatoms. The summed E-state index contributed by atoms with van der Waals surface area (Å²) in [6.45, 7) is 0.469. The van der Waals surface area contributed by atoms with Crippen LogP contribution in [-0.2, 0) is 24.7 Å². The number of halogens is 2. The number of hydrogen-bond acceptors (Lipinski definition) is 6. The molecule has 0 aromatic heterocycles. The van der Waals surface area contributed by atoms with Crippen LogP contribution in [0.15, 0.2) is 42.5 Å². The largest absolute Gasteiger partial charge is 0.387 e. The minimum atomic E-state index is -1.69. The van der Waals surface area contributed by atoms with Crippen molar-refractivity contribution in [3.63, 3.8) is 0 Å². The molecule has 2 saturated heterocycles. The highest BCUT2D eigenvalue weighted by atomic mass is 35.5. The number of carbonyl (C=O) groups is 3. The Balaban J connectivity index is 1.61. The van der Waals surface area contributed by atoms with Crippen molar-refractivity contribution in [1.82, 2.24) is 10.2 Å². The molecule has 3 aliphatic heterocycles. The molecule has 5 unspecified atom stereocenters. The van der Waals surface area contributed by atoms with Gasteiger partial charge < -0.3 is 15.2 Å². The van der Waals surface area contributed by atoms with Gasteiger partial charge in [-0.3, -0.25) is 24.6 Å². The Labute approximate surface area is 200 Å². The van der Waals surface area contributed by atoms with Gasteiger partial charge in [-0.15, -0.1) is 0 Å². The fourth-order valence-corrected chi connectivity index (χ4v) is 5.61. The van der Waals surface area contributed by atoms with E-state index in [-0.39, 0.29) is 12.1 Å². The number of rotatable bonds is 6. The van der Waals surface area contributed by atoms with Crippen LogP contribution in [0.25, 0.3) is 0 Å². The van der Waals surface area contributed by atoms with Crippen molar-refractivity contribution >= 4 is 35.0 Å². The highest BCUT2D eigenvalue weighted by Crippen LogP contribution is 2.54. The van der Waals surface area contributed by atoms with Gasteiger partial charge in [0, 0.05) is 36.5 Å². The second kappa shape index (κ2) is 8.42. The minimum absolute atomic E-state index is 0.121. The van der Waals surface area contributed by atoms with Gasteiger partial charge in [0.25, 0.3) is 0 Å². The molecule has 0 saturated carbocycles. The van der Waals surface area contributed by atoms with E-state index in [2.05, 4.69) is 10.6 Å². The van der Waals surface area contributed by atoms with Crippen molar-refractivity contribution in [1.29, 1.82) is 0 Å². The van der Waals surface area contributed by atoms with Crippen LogP contribution in [0.3, 0.4) is 0 Å². The predicted molar refractivity (Wildman–Crippen MR) is 120 cm³/mol. The standard InChI is InChI=1S/C24H23ClFN3O5/c1-34-10-2-9-29-21(31)17-18(22(29)32)24(15-11-14(26)7-8-16(15)27-23(24)33)28-19(17)20(30)12-3-5-13(25)6-4-12/h3-8,11,17-20,28,30H,2,9-10H2,1H3,(H,27,33). The summed E-state index contributed by atoms with van der Waals surface area (Å²) in [7, 11) is 1.52. The van der Waals surface area contributed by atoms with Gasteiger partial charge in [0.1, 0.15) is 11.4 Å². The number of fused-ring (bicyclic) bond motifs is 4. The first-order valence-electron chi connectivity index (χ1n) is 11.0. The topological polar surface area (TPSA) is 108 Å². The third-order valence-electron chi connectivity index (χ3n) is 6.98. The summed E-state index contributed by atoms with van der Waals surface area (Å²) in [4.78, 5) is 41.6. The number of likely N-dealkylation sites (tertiary alicyclic amines) is 1. The summed E-state index contributed by atoms with van der Waals surface area (Å²) < 4.78 is 19.3. The van der Waals surface area contributed by atoms with Crippen molar-refractivity contribution in [2.45, 2.75) is 24.1 Å². The lowest BCUT2D eigenvalue weighted by Gasteiger charge is -2.30. The first-order valence-corrected chi connectivity index (χ1v) is 11.3. The van der Waals surface area contributed by atoms with Crippen LogP contribution in [0.5, 0.6) is 0 Å². The molecule has 178 valence electrons. The Kier molecular flexibility index (Phi) is 5.68. The van der Waals surface area contributed by atoms with Gasteiger partial charge in [0.05, 0.1) is 24.0 Å². The molecule has 2 aromatic rings. The number of imide groups is 1. The summed E-state index contributed by atoms with van der Waals surface area (Å²) in [6, 6.07) is 9.30. The maximum Gasteiger partial charge on any atom is 0.250 e. The lowest BCUT2D eigenvalue weighted by molar-refractivity contribution is -0.143. The Morgan fingerprint density at radius 1 is 1.18 bits per heavy atom. The number of aliphatic hydroxyl groups excluding tert-OH is 1. The molecule has 0 aliphatic carbocycles. The van der Waals surface area contributed by atoms with Crippen LogP contribution in [-0.4, -0.2) is 54.0 Å². The van der Waals surface area contributed by atoms with E-state index in [1.54, 1.807) is 24.3 Å². The molecule has 34 heavy (non-hydrogen) atoms. The van der Waals surface area contributed by atoms with Crippen molar-refractivity contribution in [2.24, 2.45) is 11.8 Å². The monoisotopic (exact) mass is 487 g/mol. The molecule has 2 fully saturated rings. The summed E-state index contributed by atoms with van der Waals surface area (Å²) in [5, 5.41) is 17.6. The average Bonchev–Trinajstić information content (AvgIpc) is 3.40. The first-order chi connectivity index (χ1) is 16.3. The predicted octanol–water partition coefficient (Wildman–Crippen LogP) is 1.97. The van der Waals surface area contributed by atoms with Crippen molar-refractivity contribution in [3.05, 3.63) is 64.4 Å². The highest BCUT2D eigenvalue weighted by Gasteiger charge is 2.71. The lowest BCUT2D eigenvalue weighted by Crippen LogP contribution is -2.54. The van der Waals surface area contributed by atoms with Gasteiger partial charge in [0.15, 0.2) is 0 Å². The van der Waals surface area contributed by atoms with E-state index in [1.165, 1.54) is 25.3 Å². The third-order valence-corrected chi connectivity index (χ3v) is 7.24. The number of ether oxygens (including phenoxy) is 1. The smallest absolute Gasteiger partial charge is 0.250 e. The minimum Gasteiger partial charge on any atom is -0.387 e. The molecular formula is C24H23ClFN3O5. The fraction of sp³-hybridized carbons (Fsp3) is 0.375. The number of methoxy groups -OCH3 is 1. The van der Waals surface area contributed by atoms with Gasteiger partial charge in [0.2, 0.25) is 17.7 Å². The number of hydrogen-bond donors (Lipinski definition) is 3. The Morgan fingerprint density at radius 3 is 2.62 bits per heavy atom. The van der Waals surface area contributed by atoms with E-state index >= 15 is 0 Å². The molecule has 5 rings (SSSR count). The van der Waals surface area contributed by atoms with Crippen molar-refractivity contribution in [3.8, 4) is 0 Å². The number of nitrogens with one attached hydrogen (secondary N) is 2. The Hall–Kier alpha value is -2.85. The van der Waals surface area contributed by atoms with Gasteiger partial charge in [-0.2, -0.15) is 0 Å². The summed E-state index contributed by atoms with van der Waals surface area (Å²) in [6.07, 6.45) is -0.805. The zero-order valence-corrected chi connectivity index (χ0v) is 19.0. The van der Waals surface area contributed by atoms with E-state index in [1.807, 2.05) is 0 Å². The number of anilines is 1. The van der Waals surface area contributed by atoms with E-state index in [0.717, 1.165) is 4.90 Å². The van der Waals surface area contributed by atoms with Crippen molar-refractivity contribution in [2.75, 3.05) is 25.6 Å². The van der Waals surface area contributed by atoms with Crippen LogP contribution in [0.4, 0.5) is 10.1 Å². The molecule has 1 spiro atoms. The fourth-order valence-electron chi connectivity index (χ4n) is 5.49. The zero-order valence-electron chi connectivity index (χ0n) is 18.3. The maximum atomic E-state index is 14.3. The molecule has 3 N–H and O–H groups in total. The molecule has 5 atom stereocenters. The highest BCUT2D eigenvalue weighted by molar-refractivity contribution is 6.30. The normalized spacial score (nSPS) is 28.4. The van der Waals surface area contributed by atoms with Crippen molar-refractivity contribution < 1.29 is 28.6 Å². The van der Waals surface area contributed by atoms with Crippen LogP contribution < -0.4 is 10.6 Å². The second-order valence-electron chi connectivity index (χ2n) is 8.80. The maximum absolute atomic E-state index is 14.3. The van der Waals surface area contributed by atoms with Crippen LogP contribution in [0.1, 0.15) is 23.7 Å². The molecule has 3 aliphatic rings. The summed E-state index contributed by atoms with van der Waals surface area (Å²) >= 11 is 5.97. The third kappa shape index (κ3) is 3.26. The summed E-state index contributed by atoms with van der Waals surface area (Å²) in [5.41, 5.74) is -0.618. The van der Waals surface area contributed by atoms with E-state index in [9.17, 15) is 23.9 Å². The Morgan fingerprint density at radius 2 is 1.91 bits per heavy atom. The SMILES string of the molecule is COCCCN1C(=O)C2C(C(O)c3ccc(Cl)cc3)NC3(C(=O)Nc4ccc(F)cc43)C2C1=O. The zero-order chi connectivity index (χ0) is 24.2. The molecule has 0 bridgehead atoms. The number of aliphatic hydroxyl groups is 1. The van der Waals surface area contributed by atoms with Gasteiger partial charge in [-0.25, -0.2) is 4.39 Å². The molecule has 0 radical (unpaired) electrons. The van der Waals surface area contributed by atoms with Crippen LogP contribution in [0, 0.1) is 17.7 Å². The number of carbonyl (C=O) groups excluding carboxylic acids is 3.